The number of carbonyl (C=O) groups is 3. The molecule has 0 rings (SSSR count). The van der Waals surface area contributed by atoms with Gasteiger partial charge in [-0.2, -0.15) is 0 Å². The highest BCUT2D eigenvalue weighted by atomic mass is 79.9. The molecule has 5 N–H and O–H groups in total. The highest BCUT2D eigenvalue weighted by Crippen LogP contribution is 2.05. The highest BCUT2D eigenvalue weighted by Gasteiger charge is 2.29. The lowest BCUT2D eigenvalue weighted by molar-refractivity contribution is -0.145. The topological polar surface area (TPSA) is 130 Å². The third kappa shape index (κ3) is 9.43. The van der Waals surface area contributed by atoms with Gasteiger partial charge in [0.1, 0.15) is 11.1 Å². The molecule has 112 valence electrons. The fourth-order valence-corrected chi connectivity index (χ4v) is 0.575. The van der Waals surface area contributed by atoms with Crippen molar-refractivity contribution in [3.63, 3.8) is 0 Å². The predicted molar refractivity (Wildman–Crippen MR) is 74.1 cm³/mol. The normalized spacial score (nSPS) is 12.8. The third-order valence-electron chi connectivity index (χ3n) is 1.88. The van der Waals surface area contributed by atoms with Gasteiger partial charge < -0.3 is 21.3 Å². The Morgan fingerprint density at radius 2 is 1.42 bits per heavy atom. The highest BCUT2D eigenvalue weighted by molar-refractivity contribution is 9.10. The largest absolute Gasteiger partial charge is 0.480 e. The zero-order valence-corrected chi connectivity index (χ0v) is 13.2. The monoisotopic (exact) mass is 340 g/mol. The second-order valence-corrected chi connectivity index (χ2v) is 6.44. The number of nitrogens with one attached hydrogen (secondary N) is 1. The number of hydrogen-bond acceptors (Lipinski definition) is 4. The van der Waals surface area contributed by atoms with Gasteiger partial charge >= 0.3 is 11.9 Å². The summed E-state index contributed by atoms with van der Waals surface area (Å²) in [6, 6.07) is 0. The summed E-state index contributed by atoms with van der Waals surface area (Å²) in [6.45, 7) is 7.38. The van der Waals surface area contributed by atoms with Crippen LogP contribution in [0.5, 0.6) is 0 Å². The molecule has 0 aromatic rings. The fourth-order valence-electron chi connectivity index (χ4n) is 0.461. The maximum absolute atomic E-state index is 11.0. The predicted octanol–water partition coefficient (Wildman–Crippen LogP) is 0.558. The number of amides is 1. The summed E-state index contributed by atoms with van der Waals surface area (Å²) in [5.41, 5.74) is 2.79. The number of rotatable bonds is 4. The molecular weight excluding hydrogens is 320 g/mol. The number of aliphatic carboxylic acids is 2. The fraction of sp³-hybridized carbons (Fsp3) is 0.727. The van der Waals surface area contributed by atoms with Crippen molar-refractivity contribution in [3.05, 3.63) is 0 Å². The maximum Gasteiger partial charge on any atom is 0.328 e. The molecule has 1 amide bonds. The summed E-state index contributed by atoms with van der Waals surface area (Å²) >= 11 is 3.04. The van der Waals surface area contributed by atoms with Crippen LogP contribution in [0.4, 0.5) is 0 Å². The van der Waals surface area contributed by atoms with E-state index in [1.807, 2.05) is 0 Å². The Balaban J connectivity index is 0. The lowest BCUT2D eigenvalue weighted by Gasteiger charge is -2.21. The zero-order valence-electron chi connectivity index (χ0n) is 11.7. The lowest BCUT2D eigenvalue weighted by Crippen LogP contribution is -2.51. The second kappa shape index (κ2) is 7.44. The molecule has 1 atom stereocenters. The van der Waals surface area contributed by atoms with Crippen molar-refractivity contribution in [3.8, 4) is 0 Å². The van der Waals surface area contributed by atoms with E-state index in [0.717, 1.165) is 0 Å². The van der Waals surface area contributed by atoms with Gasteiger partial charge in [-0.3, -0.25) is 9.59 Å². The minimum Gasteiger partial charge on any atom is -0.480 e. The Morgan fingerprint density at radius 3 is 1.58 bits per heavy atom. The zero-order chi connectivity index (χ0) is 16.0. The lowest BCUT2D eigenvalue weighted by atomic mass is 10.1. The van der Waals surface area contributed by atoms with Crippen LogP contribution < -0.4 is 11.1 Å². The van der Waals surface area contributed by atoms with Crippen molar-refractivity contribution in [1.29, 1.82) is 0 Å². The minimum absolute atomic E-state index is 0.331. The van der Waals surface area contributed by atoms with E-state index in [1.165, 1.54) is 27.7 Å². The van der Waals surface area contributed by atoms with Gasteiger partial charge in [-0.25, -0.2) is 4.79 Å². The van der Waals surface area contributed by atoms with Gasteiger partial charge in [0.05, 0.1) is 4.83 Å². The van der Waals surface area contributed by atoms with Gasteiger partial charge in [-0.1, -0.05) is 15.9 Å². The van der Waals surface area contributed by atoms with Crippen molar-refractivity contribution in [2.45, 2.75) is 50.5 Å². The van der Waals surface area contributed by atoms with E-state index in [-0.39, 0.29) is 10.7 Å². The minimum atomic E-state index is -1.21. The van der Waals surface area contributed by atoms with Gasteiger partial charge in [-0.05, 0) is 34.6 Å². The number of carbonyl (C=O) groups excluding carboxylic acids is 1. The average molecular weight is 341 g/mol. The Bertz CT molecular complexity index is 347. The van der Waals surface area contributed by atoms with E-state index in [1.54, 1.807) is 6.92 Å². The second-order valence-electron chi connectivity index (χ2n) is 5.06. The van der Waals surface area contributed by atoms with Gasteiger partial charge in [0.25, 0.3) is 0 Å². The molecule has 0 aromatic carbocycles. The molecule has 0 saturated carbocycles. The molecule has 0 aliphatic rings. The van der Waals surface area contributed by atoms with Crippen LogP contribution in [0.2, 0.25) is 0 Å². The Hall–Kier alpha value is -1.15. The first kappa shape index (κ1) is 20.2. The average Bonchev–Trinajstić information content (AvgIpc) is 2.15. The molecule has 0 heterocycles. The molecule has 0 fully saturated rings. The SMILES string of the molecule is CC(Br)C(=O)NC(C)(C)C(=O)O.CC(C)(N)C(=O)O. The Kier molecular flexibility index (Phi) is 7.90. The third-order valence-corrected chi connectivity index (χ3v) is 2.30. The number of alkyl halides is 1. The summed E-state index contributed by atoms with van der Waals surface area (Å²) in [4.78, 5) is 31.1. The Morgan fingerprint density at radius 1 is 1.11 bits per heavy atom. The molecule has 0 saturated heterocycles. The molecule has 19 heavy (non-hydrogen) atoms. The van der Waals surface area contributed by atoms with E-state index in [9.17, 15) is 14.4 Å². The Labute approximate surface area is 120 Å². The number of hydrogen-bond donors (Lipinski definition) is 4. The quantitative estimate of drug-likeness (QED) is 0.553. The van der Waals surface area contributed by atoms with Gasteiger partial charge in [0.2, 0.25) is 5.91 Å². The summed E-state index contributed by atoms with van der Waals surface area (Å²) < 4.78 is 0. The number of carboxylic acids is 2. The first-order chi connectivity index (χ1) is 8.21. The van der Waals surface area contributed by atoms with Crippen LogP contribution in [0.25, 0.3) is 0 Å². The first-order valence-corrected chi connectivity index (χ1v) is 6.35. The molecule has 0 bridgehead atoms. The summed E-state index contributed by atoms with van der Waals surface area (Å²) in [5, 5.41) is 19.1. The van der Waals surface area contributed by atoms with Crippen LogP contribution in [0, 0.1) is 0 Å². The van der Waals surface area contributed by atoms with Gasteiger partial charge in [0.15, 0.2) is 0 Å². The molecule has 0 radical (unpaired) electrons. The molecule has 0 aliphatic carbocycles. The van der Waals surface area contributed by atoms with Gasteiger partial charge in [-0.15, -0.1) is 0 Å². The van der Waals surface area contributed by atoms with E-state index >= 15 is 0 Å². The molecule has 8 heteroatoms. The molecule has 1 unspecified atom stereocenters. The summed E-state index contributed by atoms with van der Waals surface area (Å²) in [7, 11) is 0. The number of halogens is 1. The number of nitrogens with two attached hydrogens (primary N) is 1. The summed E-state index contributed by atoms with van der Waals surface area (Å²) in [5.74, 6) is -2.36. The van der Waals surface area contributed by atoms with Crippen LogP contribution in [0.1, 0.15) is 34.6 Å². The molecule has 0 aromatic heterocycles. The smallest absolute Gasteiger partial charge is 0.328 e. The van der Waals surface area contributed by atoms with Crippen LogP contribution in [0.3, 0.4) is 0 Å². The van der Waals surface area contributed by atoms with Crippen LogP contribution >= 0.6 is 15.9 Å². The maximum atomic E-state index is 11.0. The molecule has 0 aliphatic heterocycles. The van der Waals surface area contributed by atoms with Crippen molar-refractivity contribution in [1.82, 2.24) is 5.32 Å². The van der Waals surface area contributed by atoms with Crippen LogP contribution in [-0.2, 0) is 14.4 Å². The van der Waals surface area contributed by atoms with Crippen molar-refractivity contribution < 1.29 is 24.6 Å². The van der Waals surface area contributed by atoms with E-state index in [0.29, 0.717) is 0 Å². The van der Waals surface area contributed by atoms with Crippen LogP contribution in [-0.4, -0.2) is 44.0 Å². The summed E-state index contributed by atoms with van der Waals surface area (Å²) in [6.07, 6.45) is 0. The van der Waals surface area contributed by atoms with Crippen molar-refractivity contribution in [2.24, 2.45) is 5.73 Å². The standard InChI is InChI=1S/C7H12BrNO3.C4H9NO2/c1-4(8)5(10)9-7(2,3)6(11)12;1-4(2,5)3(6)7/h4H,1-3H3,(H,9,10)(H,11,12);5H2,1-2H3,(H,6,7). The van der Waals surface area contributed by atoms with E-state index in [4.69, 9.17) is 15.9 Å². The first-order valence-electron chi connectivity index (χ1n) is 5.43. The van der Waals surface area contributed by atoms with Crippen molar-refractivity contribution >= 4 is 33.8 Å². The molecule has 7 nitrogen and oxygen atoms in total. The van der Waals surface area contributed by atoms with Crippen LogP contribution in [0.15, 0.2) is 0 Å². The van der Waals surface area contributed by atoms with Crippen molar-refractivity contribution in [2.75, 3.05) is 0 Å². The molecular formula is C11H21BrN2O5. The van der Waals surface area contributed by atoms with Gasteiger partial charge in [0, 0.05) is 0 Å². The molecule has 0 spiro atoms. The van der Waals surface area contributed by atoms with E-state index in [2.05, 4.69) is 21.2 Å². The number of carboxylic acid groups (broad SMARTS) is 2. The van der Waals surface area contributed by atoms with E-state index < -0.39 is 23.0 Å².